The first kappa shape index (κ1) is 15.2. The summed E-state index contributed by atoms with van der Waals surface area (Å²) in [6.07, 6.45) is 1.70. The molecular weight excluding hydrogens is 350 g/mol. The zero-order valence-electron chi connectivity index (χ0n) is 13.5. The highest BCUT2D eigenvalue weighted by Gasteiger charge is 2.52. The molecule has 0 saturated carbocycles. The van der Waals surface area contributed by atoms with Crippen molar-refractivity contribution >= 4 is 34.0 Å². The molecule has 3 heterocycles. The van der Waals surface area contributed by atoms with Crippen LogP contribution in [0, 0.1) is 0 Å². The molecule has 2 aromatic rings. The SMILES string of the molecule is S=C1N[C@]2(CCS1)Oc1ccccc1[C@H]1CC(c3ccccc3)=NN12. The summed E-state index contributed by atoms with van der Waals surface area (Å²) >= 11 is 7.10. The number of para-hydroxylation sites is 1. The highest BCUT2D eigenvalue weighted by molar-refractivity contribution is 8.23. The molecule has 0 amide bonds. The largest absolute Gasteiger partial charge is 0.448 e. The van der Waals surface area contributed by atoms with Gasteiger partial charge in [0, 0.05) is 24.2 Å². The molecule has 25 heavy (non-hydrogen) atoms. The predicted octanol–water partition coefficient (Wildman–Crippen LogP) is 3.90. The molecule has 4 nitrogen and oxygen atoms in total. The van der Waals surface area contributed by atoms with Gasteiger partial charge in [-0.15, -0.1) is 0 Å². The van der Waals surface area contributed by atoms with Gasteiger partial charge in [-0.05, 0) is 11.6 Å². The van der Waals surface area contributed by atoms with Gasteiger partial charge in [0.15, 0.2) is 0 Å². The second-order valence-corrected chi connectivity index (χ2v) is 8.18. The first-order valence-corrected chi connectivity index (χ1v) is 9.80. The van der Waals surface area contributed by atoms with Crippen molar-refractivity contribution < 1.29 is 4.74 Å². The average molecular weight is 367 g/mol. The van der Waals surface area contributed by atoms with Gasteiger partial charge < -0.3 is 10.1 Å². The van der Waals surface area contributed by atoms with Crippen LogP contribution in [0.2, 0.25) is 0 Å². The Kier molecular flexibility index (Phi) is 3.50. The van der Waals surface area contributed by atoms with E-state index in [1.54, 1.807) is 11.8 Å². The van der Waals surface area contributed by atoms with E-state index in [4.69, 9.17) is 22.1 Å². The van der Waals surface area contributed by atoms with Gasteiger partial charge in [-0.2, -0.15) is 5.10 Å². The average Bonchev–Trinajstić information content (AvgIpc) is 3.09. The molecule has 5 rings (SSSR count). The normalized spacial score (nSPS) is 27.2. The standard InChI is InChI=1S/C19H17N3OS2/c24-18-20-19(10-11-25-18)22-16(14-8-4-5-9-17(14)23-19)12-15(21-22)13-6-2-1-3-7-13/h1-9,16H,10-12H2,(H,20,24)/t16-,19+/m1/s1. The summed E-state index contributed by atoms with van der Waals surface area (Å²) in [6.45, 7) is 0. The Morgan fingerprint density at radius 3 is 2.80 bits per heavy atom. The highest BCUT2D eigenvalue weighted by atomic mass is 32.2. The fourth-order valence-electron chi connectivity index (χ4n) is 3.76. The number of hydrazone groups is 1. The Morgan fingerprint density at radius 1 is 1.16 bits per heavy atom. The third-order valence-corrected chi connectivity index (χ3v) is 6.14. The molecule has 1 saturated heterocycles. The van der Waals surface area contributed by atoms with E-state index in [0.717, 1.165) is 39.9 Å². The number of fused-ring (bicyclic) bond motifs is 4. The van der Waals surface area contributed by atoms with Crippen LogP contribution in [0.1, 0.15) is 30.0 Å². The maximum Gasteiger partial charge on any atom is 0.278 e. The van der Waals surface area contributed by atoms with Crippen molar-refractivity contribution in [3.05, 3.63) is 65.7 Å². The lowest BCUT2D eigenvalue weighted by atomic mass is 9.95. The molecule has 1 N–H and O–H groups in total. The minimum absolute atomic E-state index is 0.165. The Morgan fingerprint density at radius 2 is 1.96 bits per heavy atom. The fourth-order valence-corrected chi connectivity index (χ4v) is 4.96. The van der Waals surface area contributed by atoms with E-state index in [9.17, 15) is 0 Å². The highest BCUT2D eigenvalue weighted by Crippen LogP contribution is 2.48. The smallest absolute Gasteiger partial charge is 0.278 e. The molecule has 3 aliphatic rings. The summed E-state index contributed by atoms with van der Waals surface area (Å²) in [5, 5.41) is 10.5. The van der Waals surface area contributed by atoms with E-state index in [-0.39, 0.29) is 6.04 Å². The van der Waals surface area contributed by atoms with Gasteiger partial charge in [0.2, 0.25) is 0 Å². The van der Waals surface area contributed by atoms with E-state index in [0.29, 0.717) is 0 Å². The second-order valence-electron chi connectivity index (χ2n) is 6.41. The lowest BCUT2D eigenvalue weighted by Crippen LogP contribution is -2.65. The molecule has 6 heteroatoms. The summed E-state index contributed by atoms with van der Waals surface area (Å²) in [6, 6.07) is 18.8. The number of nitrogens with one attached hydrogen (secondary N) is 1. The van der Waals surface area contributed by atoms with E-state index in [1.165, 1.54) is 5.56 Å². The number of hydrogen-bond acceptors (Lipinski definition) is 5. The fraction of sp³-hybridized carbons (Fsp3) is 0.263. The van der Waals surface area contributed by atoms with Crippen molar-refractivity contribution in [3.63, 3.8) is 0 Å². The Bertz CT molecular complexity index is 870. The second kappa shape index (κ2) is 5.75. The van der Waals surface area contributed by atoms with Crippen molar-refractivity contribution in [1.29, 1.82) is 0 Å². The molecule has 0 aliphatic carbocycles. The molecule has 2 aromatic carbocycles. The number of hydrogen-bond donors (Lipinski definition) is 1. The minimum Gasteiger partial charge on any atom is -0.448 e. The first-order valence-electron chi connectivity index (χ1n) is 8.40. The predicted molar refractivity (Wildman–Crippen MR) is 105 cm³/mol. The van der Waals surface area contributed by atoms with E-state index < -0.39 is 5.85 Å². The van der Waals surface area contributed by atoms with E-state index >= 15 is 0 Å². The Hall–Kier alpha value is -2.05. The Labute approximate surface area is 156 Å². The quantitative estimate of drug-likeness (QED) is 0.774. The molecular formula is C19H17N3OS2. The van der Waals surface area contributed by atoms with Gasteiger partial charge >= 0.3 is 0 Å². The molecule has 3 aliphatic heterocycles. The van der Waals surface area contributed by atoms with Crippen molar-refractivity contribution in [1.82, 2.24) is 10.3 Å². The van der Waals surface area contributed by atoms with Crippen LogP contribution in [0.5, 0.6) is 5.75 Å². The topological polar surface area (TPSA) is 36.9 Å². The molecule has 0 bridgehead atoms. The molecule has 0 radical (unpaired) electrons. The number of thiocarbonyl (C=S) groups is 1. The van der Waals surface area contributed by atoms with Gasteiger partial charge in [0.25, 0.3) is 5.85 Å². The number of thioether (sulfide) groups is 1. The van der Waals surface area contributed by atoms with Gasteiger partial charge in [-0.3, -0.25) is 0 Å². The van der Waals surface area contributed by atoms with Crippen LogP contribution in [-0.4, -0.2) is 26.6 Å². The third kappa shape index (κ3) is 2.43. The number of nitrogens with zero attached hydrogens (tertiary/aromatic N) is 2. The van der Waals surface area contributed by atoms with Gasteiger partial charge in [0.05, 0.1) is 11.8 Å². The summed E-state index contributed by atoms with van der Waals surface area (Å²) in [5.41, 5.74) is 3.45. The molecule has 0 aromatic heterocycles. The summed E-state index contributed by atoms with van der Waals surface area (Å²) in [4.78, 5) is 0. The van der Waals surface area contributed by atoms with Crippen LogP contribution in [0.25, 0.3) is 0 Å². The van der Waals surface area contributed by atoms with Gasteiger partial charge in [-0.25, -0.2) is 5.01 Å². The maximum absolute atomic E-state index is 6.44. The van der Waals surface area contributed by atoms with Crippen LogP contribution < -0.4 is 10.1 Å². The summed E-state index contributed by atoms with van der Waals surface area (Å²) < 4.78 is 7.21. The van der Waals surface area contributed by atoms with Gasteiger partial charge in [-0.1, -0.05) is 72.5 Å². The third-order valence-electron chi connectivity index (χ3n) is 4.92. The van der Waals surface area contributed by atoms with Crippen LogP contribution in [0.4, 0.5) is 0 Å². The molecule has 2 atom stereocenters. The molecule has 0 unspecified atom stereocenters. The lowest BCUT2D eigenvalue weighted by molar-refractivity contribution is -0.132. The number of ether oxygens (including phenoxy) is 1. The number of benzene rings is 2. The van der Waals surface area contributed by atoms with Crippen LogP contribution >= 0.6 is 24.0 Å². The minimum atomic E-state index is -0.683. The first-order chi connectivity index (χ1) is 12.3. The monoisotopic (exact) mass is 367 g/mol. The van der Waals surface area contributed by atoms with Crippen LogP contribution in [-0.2, 0) is 0 Å². The van der Waals surface area contributed by atoms with Crippen molar-refractivity contribution in [3.8, 4) is 5.75 Å². The zero-order chi connectivity index (χ0) is 16.9. The Balaban J connectivity index is 1.62. The lowest BCUT2D eigenvalue weighted by Gasteiger charge is -2.49. The van der Waals surface area contributed by atoms with Crippen molar-refractivity contribution in [2.45, 2.75) is 24.7 Å². The van der Waals surface area contributed by atoms with Crippen LogP contribution in [0.3, 0.4) is 0 Å². The molecule has 1 fully saturated rings. The molecule has 1 spiro atoms. The maximum atomic E-state index is 6.44. The van der Waals surface area contributed by atoms with Crippen LogP contribution in [0.15, 0.2) is 59.7 Å². The molecule has 126 valence electrons. The van der Waals surface area contributed by atoms with E-state index in [2.05, 4.69) is 46.7 Å². The summed E-state index contributed by atoms with van der Waals surface area (Å²) in [7, 11) is 0. The van der Waals surface area contributed by atoms with Crippen molar-refractivity contribution in [2.75, 3.05) is 5.75 Å². The number of rotatable bonds is 1. The van der Waals surface area contributed by atoms with Crippen molar-refractivity contribution in [2.24, 2.45) is 5.10 Å². The van der Waals surface area contributed by atoms with E-state index in [1.807, 2.05) is 18.2 Å². The van der Waals surface area contributed by atoms with Gasteiger partial charge in [0.1, 0.15) is 10.1 Å². The summed E-state index contributed by atoms with van der Waals surface area (Å²) in [5.74, 6) is 1.17. The zero-order valence-corrected chi connectivity index (χ0v) is 15.1.